The quantitative estimate of drug-likeness (QED) is 0.697. The van der Waals surface area contributed by atoms with Crippen LogP contribution in [0.3, 0.4) is 0 Å². The molecule has 6 heteroatoms. The zero-order chi connectivity index (χ0) is 14.8. The molecule has 0 aliphatic heterocycles. The van der Waals surface area contributed by atoms with Gasteiger partial charge in [-0.3, -0.25) is 0 Å². The van der Waals surface area contributed by atoms with Crippen molar-refractivity contribution in [1.29, 1.82) is 0 Å². The molecule has 0 saturated heterocycles. The van der Waals surface area contributed by atoms with Gasteiger partial charge < -0.3 is 10.6 Å². The molecule has 0 saturated carbocycles. The largest absolute Gasteiger partial charge is 0.332 e. The summed E-state index contributed by atoms with van der Waals surface area (Å²) in [4.78, 5) is 0. The summed E-state index contributed by atoms with van der Waals surface area (Å²) in [6.07, 6.45) is 0. The van der Waals surface area contributed by atoms with Gasteiger partial charge in [0, 0.05) is 11.4 Å². The number of nitrogens with one attached hydrogen (secondary N) is 2. The molecule has 2 aromatic carbocycles. The second-order valence-electron chi connectivity index (χ2n) is 4.83. The van der Waals surface area contributed by atoms with Crippen molar-refractivity contribution in [3.05, 3.63) is 47.5 Å². The molecule has 1 aromatic heterocycles. The Balaban J connectivity index is 1.71. The summed E-state index contributed by atoms with van der Waals surface area (Å²) in [5.41, 5.74) is 5.25. The summed E-state index contributed by atoms with van der Waals surface area (Å²) < 4.78 is 4.99. The van der Waals surface area contributed by atoms with E-state index in [9.17, 15) is 0 Å². The number of aryl methyl sites for hydroxylation is 2. The van der Waals surface area contributed by atoms with E-state index in [1.54, 1.807) is 0 Å². The summed E-state index contributed by atoms with van der Waals surface area (Å²) >= 11 is 6.72. The molecule has 0 atom stereocenters. The van der Waals surface area contributed by atoms with E-state index in [2.05, 4.69) is 46.2 Å². The van der Waals surface area contributed by atoms with Crippen LogP contribution >= 0.6 is 23.8 Å². The first-order valence-corrected chi connectivity index (χ1v) is 7.67. The van der Waals surface area contributed by atoms with Gasteiger partial charge in [0.15, 0.2) is 5.11 Å². The van der Waals surface area contributed by atoms with Crippen LogP contribution in [0.5, 0.6) is 0 Å². The van der Waals surface area contributed by atoms with Crippen LogP contribution < -0.4 is 10.6 Å². The Labute approximate surface area is 132 Å². The van der Waals surface area contributed by atoms with Crippen molar-refractivity contribution in [2.75, 3.05) is 10.6 Å². The number of hydrogen-bond acceptors (Lipinski definition) is 4. The van der Waals surface area contributed by atoms with Gasteiger partial charge in [-0.2, -0.15) is 0 Å². The standard InChI is InChI=1S/C15H14N4S2/c1-9-3-4-11(7-10(9)2)16-15(20)17-12-5-6-14-13(8-12)18-19-21-14/h3-8H,1-2H3,(H2,16,17,20). The van der Waals surface area contributed by atoms with Crippen molar-refractivity contribution in [3.8, 4) is 0 Å². The number of anilines is 2. The van der Waals surface area contributed by atoms with E-state index in [1.807, 2.05) is 24.3 Å². The number of thiocarbonyl (C=S) groups is 1. The van der Waals surface area contributed by atoms with Crippen LogP contribution in [0.1, 0.15) is 11.1 Å². The van der Waals surface area contributed by atoms with Crippen molar-refractivity contribution < 1.29 is 0 Å². The van der Waals surface area contributed by atoms with Gasteiger partial charge in [-0.05, 0) is 79.1 Å². The minimum Gasteiger partial charge on any atom is -0.332 e. The molecule has 0 amide bonds. The molecule has 0 radical (unpaired) electrons. The maximum absolute atomic E-state index is 5.34. The average molecular weight is 314 g/mol. The van der Waals surface area contributed by atoms with E-state index in [1.165, 1.54) is 22.7 Å². The van der Waals surface area contributed by atoms with Gasteiger partial charge in [-0.1, -0.05) is 10.6 Å². The number of benzene rings is 2. The van der Waals surface area contributed by atoms with Gasteiger partial charge in [0.05, 0.1) is 4.70 Å². The van der Waals surface area contributed by atoms with Gasteiger partial charge in [0.25, 0.3) is 0 Å². The Hall–Kier alpha value is -2.05. The van der Waals surface area contributed by atoms with Crippen LogP contribution in [-0.2, 0) is 0 Å². The minimum atomic E-state index is 0.556. The topological polar surface area (TPSA) is 49.8 Å². The van der Waals surface area contributed by atoms with Crippen molar-refractivity contribution in [2.45, 2.75) is 13.8 Å². The first-order valence-electron chi connectivity index (χ1n) is 6.49. The van der Waals surface area contributed by atoms with E-state index in [0.717, 1.165) is 21.6 Å². The maximum atomic E-state index is 5.34. The average Bonchev–Trinajstić information content (AvgIpc) is 2.90. The van der Waals surface area contributed by atoms with Gasteiger partial charge in [-0.25, -0.2) is 0 Å². The Morgan fingerprint density at radius 3 is 2.48 bits per heavy atom. The fourth-order valence-electron chi connectivity index (χ4n) is 1.97. The third-order valence-corrected chi connectivity index (χ3v) is 4.18. The van der Waals surface area contributed by atoms with Crippen molar-refractivity contribution >= 4 is 50.5 Å². The zero-order valence-corrected chi connectivity index (χ0v) is 13.3. The molecular weight excluding hydrogens is 300 g/mol. The fourth-order valence-corrected chi connectivity index (χ4v) is 2.75. The Morgan fingerprint density at radius 1 is 1.00 bits per heavy atom. The van der Waals surface area contributed by atoms with Gasteiger partial charge in [-0.15, -0.1) is 5.10 Å². The molecule has 0 spiro atoms. The van der Waals surface area contributed by atoms with Crippen molar-refractivity contribution in [2.24, 2.45) is 0 Å². The normalized spacial score (nSPS) is 10.6. The molecule has 0 fully saturated rings. The molecule has 4 nitrogen and oxygen atoms in total. The van der Waals surface area contributed by atoms with Crippen LogP contribution in [0.15, 0.2) is 36.4 Å². The van der Waals surface area contributed by atoms with Gasteiger partial charge >= 0.3 is 0 Å². The molecule has 3 rings (SSSR count). The molecule has 1 heterocycles. The first kappa shape index (κ1) is 13.9. The summed E-state index contributed by atoms with van der Waals surface area (Å²) in [5, 5.41) is 11.0. The van der Waals surface area contributed by atoms with Crippen LogP contribution in [0.2, 0.25) is 0 Å². The van der Waals surface area contributed by atoms with Crippen LogP contribution in [0.4, 0.5) is 11.4 Å². The van der Waals surface area contributed by atoms with Crippen molar-refractivity contribution in [3.63, 3.8) is 0 Å². The smallest absolute Gasteiger partial charge is 0.175 e. The second-order valence-corrected chi connectivity index (χ2v) is 6.03. The summed E-state index contributed by atoms with van der Waals surface area (Å²) in [6, 6.07) is 12.1. The number of nitrogens with zero attached hydrogens (tertiary/aromatic N) is 2. The van der Waals surface area contributed by atoms with E-state index < -0.39 is 0 Å². The molecular formula is C15H14N4S2. The number of fused-ring (bicyclic) bond motifs is 1. The van der Waals surface area contributed by atoms with Gasteiger partial charge in [0.2, 0.25) is 0 Å². The molecule has 0 aliphatic rings. The van der Waals surface area contributed by atoms with Crippen LogP contribution in [0.25, 0.3) is 10.2 Å². The Kier molecular flexibility index (Phi) is 3.81. The van der Waals surface area contributed by atoms with E-state index >= 15 is 0 Å². The van der Waals surface area contributed by atoms with Crippen LogP contribution in [0, 0.1) is 13.8 Å². The van der Waals surface area contributed by atoms with E-state index in [-0.39, 0.29) is 0 Å². The fraction of sp³-hybridized carbons (Fsp3) is 0.133. The molecule has 0 unspecified atom stereocenters. The summed E-state index contributed by atoms with van der Waals surface area (Å²) in [6.45, 7) is 4.17. The molecule has 2 N–H and O–H groups in total. The predicted molar refractivity (Wildman–Crippen MR) is 93.2 cm³/mol. The molecule has 0 bridgehead atoms. The lowest BCUT2D eigenvalue weighted by molar-refractivity contribution is 1.20. The molecule has 21 heavy (non-hydrogen) atoms. The third-order valence-electron chi connectivity index (χ3n) is 3.27. The Bertz CT molecular complexity index is 810. The molecule has 3 aromatic rings. The second kappa shape index (κ2) is 5.75. The highest BCUT2D eigenvalue weighted by molar-refractivity contribution is 7.80. The van der Waals surface area contributed by atoms with Gasteiger partial charge in [0.1, 0.15) is 5.52 Å². The highest BCUT2D eigenvalue weighted by atomic mass is 32.1. The van der Waals surface area contributed by atoms with E-state index in [0.29, 0.717) is 5.11 Å². The molecule has 106 valence electrons. The lowest BCUT2D eigenvalue weighted by Gasteiger charge is -2.11. The third kappa shape index (κ3) is 3.17. The minimum absolute atomic E-state index is 0.556. The number of hydrogen-bond donors (Lipinski definition) is 2. The highest BCUT2D eigenvalue weighted by Crippen LogP contribution is 2.20. The lowest BCUT2D eigenvalue weighted by Crippen LogP contribution is -2.19. The first-order chi connectivity index (χ1) is 10.1. The SMILES string of the molecule is Cc1ccc(NC(=S)Nc2ccc3snnc3c2)cc1C. The Morgan fingerprint density at radius 2 is 1.71 bits per heavy atom. The van der Waals surface area contributed by atoms with E-state index in [4.69, 9.17) is 12.2 Å². The number of rotatable bonds is 2. The van der Waals surface area contributed by atoms with Crippen LogP contribution in [-0.4, -0.2) is 14.7 Å². The predicted octanol–water partition coefficient (Wildman–Crippen LogP) is 4.12. The molecule has 0 aliphatic carbocycles. The summed E-state index contributed by atoms with van der Waals surface area (Å²) in [5.74, 6) is 0. The lowest BCUT2D eigenvalue weighted by atomic mass is 10.1. The zero-order valence-electron chi connectivity index (χ0n) is 11.7. The highest BCUT2D eigenvalue weighted by Gasteiger charge is 2.03. The maximum Gasteiger partial charge on any atom is 0.175 e. The number of aromatic nitrogens is 2. The van der Waals surface area contributed by atoms with Crippen molar-refractivity contribution in [1.82, 2.24) is 9.59 Å². The monoisotopic (exact) mass is 314 g/mol. The summed E-state index contributed by atoms with van der Waals surface area (Å²) in [7, 11) is 0.